The first-order valence-corrected chi connectivity index (χ1v) is 12.5. The van der Waals surface area contributed by atoms with Crippen molar-refractivity contribution in [1.29, 1.82) is 0 Å². The van der Waals surface area contributed by atoms with E-state index in [1.165, 1.54) is 50.3 Å². The third-order valence-electron chi connectivity index (χ3n) is 6.77. The van der Waals surface area contributed by atoms with E-state index in [0.29, 0.717) is 17.9 Å². The molecule has 2 aromatic rings. The van der Waals surface area contributed by atoms with Crippen LogP contribution >= 0.6 is 0 Å². The van der Waals surface area contributed by atoms with Crippen LogP contribution in [0.5, 0.6) is 5.75 Å². The van der Waals surface area contributed by atoms with Crippen molar-refractivity contribution in [1.82, 2.24) is 25.4 Å². The Morgan fingerprint density at radius 2 is 2.00 bits per heavy atom. The van der Waals surface area contributed by atoms with Gasteiger partial charge in [0.05, 0.1) is 11.4 Å². The minimum Gasteiger partial charge on any atom is -0.487 e. The van der Waals surface area contributed by atoms with E-state index in [-0.39, 0.29) is 12.1 Å². The molecule has 7 heteroatoms. The van der Waals surface area contributed by atoms with E-state index in [9.17, 15) is 4.79 Å². The zero-order valence-electron chi connectivity index (χ0n) is 20.2. The third kappa shape index (κ3) is 5.74. The number of nitrogens with zero attached hydrogens (tertiary/aromatic N) is 3. The average molecular weight is 472 g/mol. The number of fused-ring (bicyclic) bond motifs is 1. The predicted molar refractivity (Wildman–Crippen MR) is 136 cm³/mol. The van der Waals surface area contributed by atoms with Gasteiger partial charge in [-0.25, -0.2) is 0 Å². The Morgan fingerprint density at radius 1 is 1.17 bits per heavy atom. The van der Waals surface area contributed by atoms with Crippen molar-refractivity contribution in [2.24, 2.45) is 0 Å². The third-order valence-corrected chi connectivity index (χ3v) is 6.77. The van der Waals surface area contributed by atoms with Crippen LogP contribution in [-0.4, -0.2) is 46.5 Å². The summed E-state index contributed by atoms with van der Waals surface area (Å²) in [7, 11) is 0. The molecule has 0 saturated carbocycles. The number of carbonyl (C=O) groups is 1. The number of ether oxygens (including phenoxy) is 1. The lowest BCUT2D eigenvalue weighted by atomic mass is 10.2. The predicted octanol–water partition coefficient (Wildman–Crippen LogP) is 4.14. The number of aromatic nitrogens is 1. The number of hydrogen-bond donors (Lipinski definition) is 2. The highest BCUT2D eigenvalue weighted by molar-refractivity contribution is 5.95. The largest absolute Gasteiger partial charge is 0.487 e. The zero-order valence-corrected chi connectivity index (χ0v) is 20.2. The molecule has 1 amide bonds. The maximum Gasteiger partial charge on any atom is 0.255 e. The van der Waals surface area contributed by atoms with E-state index >= 15 is 0 Å². The SMILES string of the molecule is CC1=C(CCCN2CCCC2)NC2C=CC(NC(=O)c3ccc(OCc4ccccn4)cc3)=CN12. The maximum atomic E-state index is 12.8. The van der Waals surface area contributed by atoms with Crippen molar-refractivity contribution in [2.45, 2.75) is 45.4 Å². The van der Waals surface area contributed by atoms with Crippen LogP contribution in [0.2, 0.25) is 0 Å². The number of allylic oxidation sites excluding steroid dienone is 3. The Labute approximate surface area is 207 Å². The molecular weight excluding hydrogens is 438 g/mol. The van der Waals surface area contributed by atoms with Crippen LogP contribution in [0.15, 0.2) is 84.1 Å². The molecule has 182 valence electrons. The summed E-state index contributed by atoms with van der Waals surface area (Å²) in [6.07, 6.45) is 12.8. The molecule has 3 aliphatic rings. The zero-order chi connectivity index (χ0) is 24.0. The summed E-state index contributed by atoms with van der Waals surface area (Å²) in [5.41, 5.74) is 4.74. The lowest BCUT2D eigenvalue weighted by Crippen LogP contribution is -2.36. The molecule has 1 aromatic heterocycles. The maximum absolute atomic E-state index is 12.8. The number of pyridine rings is 1. The van der Waals surface area contributed by atoms with Crippen molar-refractivity contribution < 1.29 is 9.53 Å². The summed E-state index contributed by atoms with van der Waals surface area (Å²) in [5, 5.41) is 6.65. The van der Waals surface area contributed by atoms with Gasteiger partial charge in [0.15, 0.2) is 0 Å². The monoisotopic (exact) mass is 471 g/mol. The molecule has 0 bridgehead atoms. The van der Waals surface area contributed by atoms with Crippen LogP contribution in [0.4, 0.5) is 0 Å². The normalized spacial score (nSPS) is 19.4. The molecule has 2 N–H and O–H groups in total. The first kappa shape index (κ1) is 23.2. The molecule has 1 unspecified atom stereocenters. The van der Waals surface area contributed by atoms with Gasteiger partial charge in [0.1, 0.15) is 18.5 Å². The van der Waals surface area contributed by atoms with E-state index in [1.54, 1.807) is 18.3 Å². The molecular formula is C28H33N5O2. The number of carbonyl (C=O) groups excluding carboxylic acids is 1. The van der Waals surface area contributed by atoms with Crippen LogP contribution < -0.4 is 15.4 Å². The Kier molecular flexibility index (Phi) is 7.14. The molecule has 5 rings (SSSR count). The first-order valence-electron chi connectivity index (χ1n) is 12.5. The van der Waals surface area contributed by atoms with Crippen LogP contribution in [0.25, 0.3) is 0 Å². The Morgan fingerprint density at radius 3 is 2.77 bits per heavy atom. The average Bonchev–Trinajstić information content (AvgIpc) is 3.52. The molecule has 4 heterocycles. The van der Waals surface area contributed by atoms with Crippen molar-refractivity contribution >= 4 is 5.91 Å². The van der Waals surface area contributed by atoms with Gasteiger partial charge in [-0.3, -0.25) is 9.78 Å². The van der Waals surface area contributed by atoms with E-state index in [0.717, 1.165) is 17.8 Å². The quantitative estimate of drug-likeness (QED) is 0.573. The van der Waals surface area contributed by atoms with Gasteiger partial charge in [-0.15, -0.1) is 0 Å². The second kappa shape index (κ2) is 10.8. The highest BCUT2D eigenvalue weighted by Crippen LogP contribution is 2.27. The van der Waals surface area contributed by atoms with Crippen molar-refractivity contribution in [3.05, 3.63) is 95.4 Å². The van der Waals surface area contributed by atoms with Gasteiger partial charge in [-0.1, -0.05) is 6.07 Å². The van der Waals surface area contributed by atoms with Crippen molar-refractivity contribution in [2.75, 3.05) is 19.6 Å². The van der Waals surface area contributed by atoms with E-state index < -0.39 is 0 Å². The van der Waals surface area contributed by atoms with Gasteiger partial charge in [-0.05, 0) is 101 Å². The lowest BCUT2D eigenvalue weighted by Gasteiger charge is -2.26. The van der Waals surface area contributed by atoms with E-state index in [2.05, 4.69) is 38.4 Å². The van der Waals surface area contributed by atoms with Gasteiger partial charge < -0.3 is 25.2 Å². The van der Waals surface area contributed by atoms with E-state index in [1.807, 2.05) is 42.6 Å². The number of hydrogen-bond acceptors (Lipinski definition) is 6. The number of amides is 1. The van der Waals surface area contributed by atoms with Gasteiger partial charge in [-0.2, -0.15) is 0 Å². The summed E-state index contributed by atoms with van der Waals surface area (Å²) < 4.78 is 5.76. The lowest BCUT2D eigenvalue weighted by molar-refractivity contribution is 0.0966. The molecule has 0 radical (unpaired) electrons. The highest BCUT2D eigenvalue weighted by atomic mass is 16.5. The fraction of sp³-hybridized carbons (Fsp3) is 0.357. The first-order chi connectivity index (χ1) is 17.2. The Hall–Kier alpha value is -3.58. The minimum atomic E-state index is -0.143. The van der Waals surface area contributed by atoms with Crippen molar-refractivity contribution in [3.8, 4) is 5.75 Å². The summed E-state index contributed by atoms with van der Waals surface area (Å²) in [4.78, 5) is 21.8. The summed E-state index contributed by atoms with van der Waals surface area (Å²) >= 11 is 0. The molecule has 7 nitrogen and oxygen atoms in total. The molecule has 1 atom stereocenters. The topological polar surface area (TPSA) is 69.7 Å². The minimum absolute atomic E-state index is 0.118. The Bertz CT molecular complexity index is 1120. The van der Waals surface area contributed by atoms with Crippen LogP contribution in [0.1, 0.15) is 48.7 Å². The molecule has 3 aliphatic heterocycles. The summed E-state index contributed by atoms with van der Waals surface area (Å²) in [6, 6.07) is 12.9. The van der Waals surface area contributed by atoms with Crippen LogP contribution in [0, 0.1) is 0 Å². The standard InChI is InChI=1S/C28H33N5O2/c1-21-26(8-6-18-32-16-4-5-17-32)31-27-14-11-23(19-33(21)27)30-28(34)22-9-12-25(13-10-22)35-20-24-7-2-3-15-29-24/h2-3,7,9-15,19,27,31H,4-6,8,16-18,20H2,1H3,(H,30,34). The van der Waals surface area contributed by atoms with Crippen LogP contribution in [0.3, 0.4) is 0 Å². The number of rotatable bonds is 9. The summed E-state index contributed by atoms with van der Waals surface area (Å²) in [5.74, 6) is 0.559. The molecule has 35 heavy (non-hydrogen) atoms. The van der Waals surface area contributed by atoms with Gasteiger partial charge >= 0.3 is 0 Å². The fourth-order valence-corrected chi connectivity index (χ4v) is 4.78. The van der Waals surface area contributed by atoms with Crippen LogP contribution in [-0.2, 0) is 6.61 Å². The Balaban J connectivity index is 1.14. The van der Waals surface area contributed by atoms with Crippen molar-refractivity contribution in [3.63, 3.8) is 0 Å². The molecule has 1 aromatic carbocycles. The summed E-state index contributed by atoms with van der Waals surface area (Å²) in [6.45, 7) is 6.20. The van der Waals surface area contributed by atoms with E-state index in [4.69, 9.17) is 4.74 Å². The smallest absolute Gasteiger partial charge is 0.255 e. The molecule has 0 aliphatic carbocycles. The molecule has 0 spiro atoms. The number of benzene rings is 1. The molecule has 1 saturated heterocycles. The van der Waals surface area contributed by atoms with Gasteiger partial charge in [0, 0.05) is 29.4 Å². The second-order valence-electron chi connectivity index (χ2n) is 9.24. The second-order valence-corrected chi connectivity index (χ2v) is 9.24. The number of likely N-dealkylation sites (tertiary alicyclic amines) is 1. The fourth-order valence-electron chi connectivity index (χ4n) is 4.78. The highest BCUT2D eigenvalue weighted by Gasteiger charge is 2.28. The number of nitrogens with one attached hydrogen (secondary N) is 2. The van der Waals surface area contributed by atoms with Gasteiger partial charge in [0.2, 0.25) is 0 Å². The van der Waals surface area contributed by atoms with Gasteiger partial charge in [0.25, 0.3) is 5.91 Å². The molecule has 1 fully saturated rings.